The van der Waals surface area contributed by atoms with E-state index in [2.05, 4.69) is 20.0 Å². The fourth-order valence-electron chi connectivity index (χ4n) is 3.79. The zero-order chi connectivity index (χ0) is 18.0. The lowest BCUT2D eigenvalue weighted by Crippen LogP contribution is -2.61. The molecule has 0 saturated carbocycles. The Labute approximate surface area is 145 Å². The third kappa shape index (κ3) is 3.06. The number of carbonyl (C=O) groups excluding carboxylic acids is 3. The first-order valence-electron chi connectivity index (χ1n) is 8.38. The molecule has 9 nitrogen and oxygen atoms in total. The number of likely N-dealkylation sites (tertiary alicyclic amines) is 1. The monoisotopic (exact) mass is 349 g/mol. The normalized spacial score (nSPS) is 18.6. The molecule has 2 aliphatic heterocycles. The minimum absolute atomic E-state index is 0.0367. The Hall–Kier alpha value is -2.58. The van der Waals surface area contributed by atoms with E-state index in [1.165, 1.54) is 7.11 Å². The maximum Gasteiger partial charge on any atom is 0.325 e. The Morgan fingerprint density at radius 2 is 2.04 bits per heavy atom. The summed E-state index contributed by atoms with van der Waals surface area (Å²) >= 11 is 0. The molecule has 1 saturated heterocycles. The van der Waals surface area contributed by atoms with Gasteiger partial charge < -0.3 is 24.8 Å². The highest BCUT2D eigenvalue weighted by Crippen LogP contribution is 2.42. The Morgan fingerprint density at radius 1 is 1.32 bits per heavy atom. The van der Waals surface area contributed by atoms with Gasteiger partial charge in [-0.1, -0.05) is 0 Å². The van der Waals surface area contributed by atoms with Crippen molar-refractivity contribution >= 4 is 17.9 Å². The smallest absolute Gasteiger partial charge is 0.325 e. The standard InChI is InChI=1S/C16H23N5O4/c1-11(22)20-7-4-16(5-8-20)14-12(18-10-19-14)3-6-21(16)15(24)17-9-13(23)25-2/h10H,3-9H2,1-2H3,(H,17,24)(H,18,19). The lowest BCUT2D eigenvalue weighted by Gasteiger charge is -2.50. The Bertz CT molecular complexity index is 678. The number of imidazole rings is 1. The molecule has 9 heteroatoms. The predicted octanol–water partition coefficient (Wildman–Crippen LogP) is -0.0120. The molecule has 0 bridgehead atoms. The van der Waals surface area contributed by atoms with Crippen LogP contribution in [0.3, 0.4) is 0 Å². The molecule has 3 heterocycles. The minimum Gasteiger partial charge on any atom is -0.468 e. The van der Waals surface area contributed by atoms with E-state index in [0.29, 0.717) is 38.9 Å². The van der Waals surface area contributed by atoms with Crippen LogP contribution in [0.15, 0.2) is 6.33 Å². The molecule has 1 spiro atoms. The number of aromatic amines is 1. The van der Waals surface area contributed by atoms with Gasteiger partial charge in [0, 0.05) is 38.7 Å². The first-order valence-corrected chi connectivity index (χ1v) is 8.38. The van der Waals surface area contributed by atoms with E-state index in [1.54, 1.807) is 23.1 Å². The molecule has 2 aliphatic rings. The molecule has 0 atom stereocenters. The lowest BCUT2D eigenvalue weighted by molar-refractivity contribution is -0.139. The summed E-state index contributed by atoms with van der Waals surface area (Å²) in [6.07, 6.45) is 3.57. The van der Waals surface area contributed by atoms with Crippen LogP contribution >= 0.6 is 0 Å². The van der Waals surface area contributed by atoms with Crippen molar-refractivity contribution in [2.75, 3.05) is 33.3 Å². The highest BCUT2D eigenvalue weighted by atomic mass is 16.5. The SMILES string of the molecule is COC(=O)CNC(=O)N1CCc2[nH]cnc2C12CCN(C(C)=O)CC2. The lowest BCUT2D eigenvalue weighted by atomic mass is 9.79. The van der Waals surface area contributed by atoms with Crippen LogP contribution in [0.1, 0.15) is 31.2 Å². The number of methoxy groups -OCH3 is 1. The van der Waals surface area contributed by atoms with Crippen molar-refractivity contribution in [3.8, 4) is 0 Å². The van der Waals surface area contributed by atoms with E-state index in [0.717, 1.165) is 11.4 Å². The number of amides is 3. The van der Waals surface area contributed by atoms with Gasteiger partial charge in [0.25, 0.3) is 0 Å². The van der Waals surface area contributed by atoms with Crippen LogP contribution in [0.4, 0.5) is 4.79 Å². The summed E-state index contributed by atoms with van der Waals surface area (Å²) in [4.78, 5) is 46.9. The quantitative estimate of drug-likeness (QED) is 0.730. The van der Waals surface area contributed by atoms with Crippen molar-refractivity contribution in [3.63, 3.8) is 0 Å². The van der Waals surface area contributed by atoms with Gasteiger partial charge in [0.2, 0.25) is 5.91 Å². The van der Waals surface area contributed by atoms with E-state index in [9.17, 15) is 14.4 Å². The number of carbonyl (C=O) groups is 3. The fraction of sp³-hybridized carbons (Fsp3) is 0.625. The zero-order valence-corrected chi connectivity index (χ0v) is 14.5. The van der Waals surface area contributed by atoms with Crippen LogP contribution in [0.25, 0.3) is 0 Å². The third-order valence-corrected chi connectivity index (χ3v) is 5.15. The first-order chi connectivity index (χ1) is 12.0. The highest BCUT2D eigenvalue weighted by Gasteiger charge is 2.49. The number of rotatable bonds is 2. The van der Waals surface area contributed by atoms with Crippen molar-refractivity contribution in [1.82, 2.24) is 25.1 Å². The molecule has 136 valence electrons. The average molecular weight is 349 g/mol. The number of esters is 1. The van der Waals surface area contributed by atoms with Crippen molar-refractivity contribution < 1.29 is 19.1 Å². The predicted molar refractivity (Wildman–Crippen MR) is 87.6 cm³/mol. The number of nitrogens with one attached hydrogen (secondary N) is 2. The summed E-state index contributed by atoms with van der Waals surface area (Å²) in [6, 6.07) is -0.310. The molecule has 0 unspecified atom stereocenters. The first kappa shape index (κ1) is 17.2. The third-order valence-electron chi connectivity index (χ3n) is 5.15. The number of urea groups is 1. The number of aromatic nitrogens is 2. The molecule has 3 rings (SSSR count). The molecule has 1 fully saturated rings. The minimum atomic E-state index is -0.556. The van der Waals surface area contributed by atoms with Gasteiger partial charge in [-0.05, 0) is 12.8 Å². The fourth-order valence-corrected chi connectivity index (χ4v) is 3.79. The molecule has 25 heavy (non-hydrogen) atoms. The van der Waals surface area contributed by atoms with Gasteiger partial charge in [-0.25, -0.2) is 9.78 Å². The van der Waals surface area contributed by atoms with Gasteiger partial charge in [0.1, 0.15) is 6.54 Å². The number of ether oxygens (including phenoxy) is 1. The Balaban J connectivity index is 1.84. The molecule has 0 radical (unpaired) electrons. The number of hydrogen-bond donors (Lipinski definition) is 2. The van der Waals surface area contributed by atoms with Gasteiger partial charge in [-0.3, -0.25) is 9.59 Å². The highest BCUT2D eigenvalue weighted by molar-refractivity contribution is 5.81. The van der Waals surface area contributed by atoms with Crippen LogP contribution in [-0.2, 0) is 26.3 Å². The van der Waals surface area contributed by atoms with Crippen LogP contribution in [0.2, 0.25) is 0 Å². The van der Waals surface area contributed by atoms with E-state index in [-0.39, 0.29) is 18.5 Å². The van der Waals surface area contributed by atoms with Gasteiger partial charge >= 0.3 is 12.0 Å². The number of H-pyrrole nitrogens is 1. The maximum atomic E-state index is 12.7. The number of nitrogens with zero attached hydrogens (tertiary/aromatic N) is 3. The molecule has 2 N–H and O–H groups in total. The average Bonchev–Trinajstić information content (AvgIpc) is 3.10. The molecule has 0 aliphatic carbocycles. The van der Waals surface area contributed by atoms with E-state index in [1.807, 2.05) is 0 Å². The molecule has 0 aromatic carbocycles. The van der Waals surface area contributed by atoms with Crippen molar-refractivity contribution in [2.45, 2.75) is 31.7 Å². The summed E-state index contributed by atoms with van der Waals surface area (Å²) in [5, 5.41) is 2.63. The molecule has 3 amide bonds. The van der Waals surface area contributed by atoms with Crippen molar-refractivity contribution in [1.29, 1.82) is 0 Å². The summed E-state index contributed by atoms with van der Waals surface area (Å²) in [5.74, 6) is -0.458. The zero-order valence-electron chi connectivity index (χ0n) is 14.5. The van der Waals surface area contributed by atoms with Crippen LogP contribution in [0, 0.1) is 0 Å². The van der Waals surface area contributed by atoms with Gasteiger partial charge in [-0.2, -0.15) is 0 Å². The number of fused-ring (bicyclic) bond motifs is 2. The summed E-state index contributed by atoms with van der Waals surface area (Å²) < 4.78 is 4.58. The summed E-state index contributed by atoms with van der Waals surface area (Å²) in [7, 11) is 1.28. The molecular formula is C16H23N5O4. The van der Waals surface area contributed by atoms with Gasteiger partial charge in [0.15, 0.2) is 0 Å². The van der Waals surface area contributed by atoms with Gasteiger partial charge in [-0.15, -0.1) is 0 Å². The number of piperidine rings is 1. The molecule has 1 aromatic heterocycles. The van der Waals surface area contributed by atoms with Crippen molar-refractivity contribution in [2.24, 2.45) is 0 Å². The van der Waals surface area contributed by atoms with Crippen LogP contribution in [-0.4, -0.2) is 71.0 Å². The summed E-state index contributed by atoms with van der Waals surface area (Å²) in [6.45, 7) is 3.06. The maximum absolute atomic E-state index is 12.7. The van der Waals surface area contributed by atoms with Crippen LogP contribution in [0.5, 0.6) is 0 Å². The molecule has 1 aromatic rings. The summed E-state index contributed by atoms with van der Waals surface area (Å²) in [5.41, 5.74) is 1.35. The largest absolute Gasteiger partial charge is 0.468 e. The molecular weight excluding hydrogens is 326 g/mol. The number of hydrogen-bond acceptors (Lipinski definition) is 5. The second-order valence-corrected chi connectivity index (χ2v) is 6.40. The van der Waals surface area contributed by atoms with Gasteiger partial charge in [0.05, 0.1) is 24.7 Å². The van der Waals surface area contributed by atoms with E-state index < -0.39 is 11.5 Å². The second-order valence-electron chi connectivity index (χ2n) is 6.40. The van der Waals surface area contributed by atoms with E-state index in [4.69, 9.17) is 0 Å². The topological polar surface area (TPSA) is 108 Å². The van der Waals surface area contributed by atoms with Crippen molar-refractivity contribution in [3.05, 3.63) is 17.7 Å². The Kier molecular flexibility index (Phi) is 4.65. The second kappa shape index (κ2) is 6.73. The van der Waals surface area contributed by atoms with E-state index >= 15 is 0 Å². The Morgan fingerprint density at radius 3 is 2.68 bits per heavy atom. The van der Waals surface area contributed by atoms with Crippen LogP contribution < -0.4 is 5.32 Å².